The van der Waals surface area contributed by atoms with Crippen molar-refractivity contribution in [2.24, 2.45) is 0 Å². The van der Waals surface area contributed by atoms with Crippen molar-refractivity contribution < 1.29 is 14.6 Å². The minimum atomic E-state index is -0.489. The SMILES string of the molecule is COCC(O)CN[C@@H](C)c1ccccc1OC. The van der Waals surface area contributed by atoms with Crippen molar-refractivity contribution in [1.82, 2.24) is 5.32 Å². The maximum absolute atomic E-state index is 9.55. The lowest BCUT2D eigenvalue weighted by molar-refractivity contribution is 0.0630. The van der Waals surface area contributed by atoms with Crippen LogP contribution >= 0.6 is 0 Å². The minimum absolute atomic E-state index is 0.123. The summed E-state index contributed by atoms with van der Waals surface area (Å²) in [6.07, 6.45) is -0.489. The molecule has 0 heterocycles. The molecule has 0 saturated heterocycles. The molecular formula is C13H21NO3. The third kappa shape index (κ3) is 4.34. The molecule has 0 spiro atoms. The zero-order chi connectivity index (χ0) is 12.7. The van der Waals surface area contributed by atoms with Crippen LogP contribution in [0.4, 0.5) is 0 Å². The standard InChI is InChI=1S/C13H21NO3/c1-10(14-8-11(15)9-16-2)12-6-4-5-7-13(12)17-3/h4-7,10-11,14-15H,8-9H2,1-3H3/t10-,11?/m0/s1. The summed E-state index contributed by atoms with van der Waals surface area (Å²) in [7, 11) is 3.23. The molecule has 1 aromatic rings. The summed E-state index contributed by atoms with van der Waals surface area (Å²) in [4.78, 5) is 0. The van der Waals surface area contributed by atoms with Crippen LogP contribution in [0.1, 0.15) is 18.5 Å². The molecule has 0 fully saturated rings. The second-order valence-corrected chi connectivity index (χ2v) is 3.98. The topological polar surface area (TPSA) is 50.7 Å². The van der Waals surface area contributed by atoms with Crippen LogP contribution < -0.4 is 10.1 Å². The van der Waals surface area contributed by atoms with E-state index in [-0.39, 0.29) is 6.04 Å². The predicted octanol–water partition coefficient (Wildman–Crippen LogP) is 1.35. The van der Waals surface area contributed by atoms with E-state index in [0.717, 1.165) is 11.3 Å². The van der Waals surface area contributed by atoms with Gasteiger partial charge in [-0.3, -0.25) is 0 Å². The van der Waals surface area contributed by atoms with Gasteiger partial charge in [-0.2, -0.15) is 0 Å². The number of para-hydroxylation sites is 1. The van der Waals surface area contributed by atoms with E-state index in [1.807, 2.05) is 31.2 Å². The fourth-order valence-electron chi connectivity index (χ4n) is 1.70. The van der Waals surface area contributed by atoms with Gasteiger partial charge in [-0.05, 0) is 13.0 Å². The van der Waals surface area contributed by atoms with Crippen LogP contribution in [0.3, 0.4) is 0 Å². The van der Waals surface area contributed by atoms with Crippen LogP contribution in [0.2, 0.25) is 0 Å². The molecule has 2 atom stereocenters. The number of methoxy groups -OCH3 is 2. The second-order valence-electron chi connectivity index (χ2n) is 3.98. The van der Waals surface area contributed by atoms with E-state index in [9.17, 15) is 5.11 Å². The number of aliphatic hydroxyl groups excluding tert-OH is 1. The highest BCUT2D eigenvalue weighted by Gasteiger charge is 2.11. The van der Waals surface area contributed by atoms with Crippen LogP contribution in [0, 0.1) is 0 Å². The Hall–Kier alpha value is -1.10. The largest absolute Gasteiger partial charge is 0.496 e. The number of hydrogen-bond donors (Lipinski definition) is 2. The normalized spacial score (nSPS) is 14.4. The molecule has 4 nitrogen and oxygen atoms in total. The molecule has 1 aromatic carbocycles. The van der Waals surface area contributed by atoms with Crippen LogP contribution in [0.25, 0.3) is 0 Å². The molecule has 17 heavy (non-hydrogen) atoms. The van der Waals surface area contributed by atoms with E-state index in [1.54, 1.807) is 14.2 Å². The summed E-state index contributed by atoms with van der Waals surface area (Å²) in [5.74, 6) is 0.855. The summed E-state index contributed by atoms with van der Waals surface area (Å²) in [5.41, 5.74) is 1.08. The van der Waals surface area contributed by atoms with Crippen LogP contribution in [-0.2, 0) is 4.74 Å². The molecule has 2 N–H and O–H groups in total. The number of hydrogen-bond acceptors (Lipinski definition) is 4. The van der Waals surface area contributed by atoms with Crippen molar-refractivity contribution >= 4 is 0 Å². The van der Waals surface area contributed by atoms with Crippen molar-refractivity contribution in [2.75, 3.05) is 27.4 Å². The first-order chi connectivity index (χ1) is 8.19. The number of nitrogens with one attached hydrogen (secondary N) is 1. The van der Waals surface area contributed by atoms with Gasteiger partial charge in [-0.15, -0.1) is 0 Å². The third-order valence-electron chi connectivity index (χ3n) is 2.62. The molecule has 0 radical (unpaired) electrons. The fraction of sp³-hybridized carbons (Fsp3) is 0.538. The van der Waals surface area contributed by atoms with E-state index >= 15 is 0 Å². The van der Waals surface area contributed by atoms with Crippen molar-refractivity contribution in [1.29, 1.82) is 0 Å². The summed E-state index contributed by atoms with van der Waals surface area (Å²) in [6, 6.07) is 7.98. The van der Waals surface area contributed by atoms with Gasteiger partial charge < -0.3 is 19.9 Å². The Morgan fingerprint density at radius 2 is 2.00 bits per heavy atom. The van der Waals surface area contributed by atoms with E-state index in [0.29, 0.717) is 13.2 Å². The van der Waals surface area contributed by atoms with Gasteiger partial charge in [-0.25, -0.2) is 0 Å². The van der Waals surface area contributed by atoms with Gasteiger partial charge in [0.2, 0.25) is 0 Å². The Kier molecular flexibility index (Phi) is 5.97. The van der Waals surface area contributed by atoms with Crippen molar-refractivity contribution in [2.45, 2.75) is 19.1 Å². The summed E-state index contributed by atoms with van der Waals surface area (Å²) in [5, 5.41) is 12.8. The van der Waals surface area contributed by atoms with Gasteiger partial charge in [0.05, 0.1) is 19.8 Å². The zero-order valence-electron chi connectivity index (χ0n) is 10.6. The number of benzene rings is 1. The molecule has 4 heteroatoms. The van der Waals surface area contributed by atoms with Gasteiger partial charge in [-0.1, -0.05) is 18.2 Å². The highest BCUT2D eigenvalue weighted by atomic mass is 16.5. The monoisotopic (exact) mass is 239 g/mol. The Morgan fingerprint density at radius 1 is 1.29 bits per heavy atom. The molecular weight excluding hydrogens is 218 g/mol. The Morgan fingerprint density at radius 3 is 2.65 bits per heavy atom. The molecule has 0 saturated carbocycles. The molecule has 0 aliphatic heterocycles. The Balaban J connectivity index is 2.54. The van der Waals surface area contributed by atoms with Crippen molar-refractivity contribution in [3.63, 3.8) is 0 Å². The van der Waals surface area contributed by atoms with Gasteiger partial charge >= 0.3 is 0 Å². The minimum Gasteiger partial charge on any atom is -0.496 e. The maximum atomic E-state index is 9.55. The van der Waals surface area contributed by atoms with Gasteiger partial charge in [0, 0.05) is 25.3 Å². The molecule has 0 amide bonds. The first-order valence-electron chi connectivity index (χ1n) is 5.72. The van der Waals surface area contributed by atoms with Crippen LogP contribution in [-0.4, -0.2) is 38.6 Å². The number of ether oxygens (including phenoxy) is 2. The third-order valence-corrected chi connectivity index (χ3v) is 2.62. The number of rotatable bonds is 7. The lowest BCUT2D eigenvalue weighted by Gasteiger charge is -2.19. The van der Waals surface area contributed by atoms with E-state index in [1.165, 1.54) is 0 Å². The highest BCUT2D eigenvalue weighted by Crippen LogP contribution is 2.23. The van der Waals surface area contributed by atoms with Crippen molar-refractivity contribution in [3.8, 4) is 5.75 Å². The smallest absolute Gasteiger partial charge is 0.123 e. The maximum Gasteiger partial charge on any atom is 0.123 e. The van der Waals surface area contributed by atoms with Crippen molar-refractivity contribution in [3.05, 3.63) is 29.8 Å². The van der Waals surface area contributed by atoms with Gasteiger partial charge in [0.15, 0.2) is 0 Å². The molecule has 1 rings (SSSR count). The van der Waals surface area contributed by atoms with Gasteiger partial charge in [0.25, 0.3) is 0 Å². The quantitative estimate of drug-likeness (QED) is 0.754. The summed E-state index contributed by atoms with van der Waals surface area (Å²) < 4.78 is 10.2. The van der Waals surface area contributed by atoms with Crippen LogP contribution in [0.15, 0.2) is 24.3 Å². The summed E-state index contributed by atoms with van der Waals surface area (Å²) >= 11 is 0. The molecule has 96 valence electrons. The second kappa shape index (κ2) is 7.27. The first-order valence-corrected chi connectivity index (χ1v) is 5.72. The average Bonchev–Trinajstić information content (AvgIpc) is 2.36. The van der Waals surface area contributed by atoms with Crippen LogP contribution in [0.5, 0.6) is 5.75 Å². The zero-order valence-corrected chi connectivity index (χ0v) is 10.6. The lowest BCUT2D eigenvalue weighted by Crippen LogP contribution is -2.31. The average molecular weight is 239 g/mol. The Labute approximate surface area is 103 Å². The number of aliphatic hydroxyl groups is 1. The fourth-order valence-corrected chi connectivity index (χ4v) is 1.70. The van der Waals surface area contributed by atoms with E-state index in [4.69, 9.17) is 9.47 Å². The molecule has 0 aromatic heterocycles. The molecule has 0 aliphatic rings. The Bertz CT molecular complexity index is 330. The van der Waals surface area contributed by atoms with Gasteiger partial charge in [0.1, 0.15) is 5.75 Å². The molecule has 0 aliphatic carbocycles. The first kappa shape index (κ1) is 14.0. The summed E-state index contributed by atoms with van der Waals surface area (Å²) in [6.45, 7) is 2.87. The molecule has 0 bridgehead atoms. The highest BCUT2D eigenvalue weighted by molar-refractivity contribution is 5.35. The predicted molar refractivity (Wildman–Crippen MR) is 67.3 cm³/mol. The van der Waals surface area contributed by atoms with E-state index in [2.05, 4.69) is 5.32 Å². The molecule has 1 unspecified atom stereocenters. The lowest BCUT2D eigenvalue weighted by atomic mass is 10.1. The van der Waals surface area contributed by atoms with E-state index < -0.39 is 6.10 Å².